The molecule has 4 aromatic rings. The average molecular weight is 656 g/mol. The number of carbonyl (C=O) groups excluding carboxylic acids is 2. The van der Waals surface area contributed by atoms with Crippen molar-refractivity contribution < 1.29 is 22.4 Å². The number of nitrogens with one attached hydrogen (secondary N) is 1. The minimum Gasteiger partial charge on any atom is -0.352 e. The van der Waals surface area contributed by atoms with Crippen LogP contribution in [0.5, 0.6) is 0 Å². The highest BCUT2D eigenvalue weighted by Crippen LogP contribution is 2.28. The van der Waals surface area contributed by atoms with Gasteiger partial charge in [0.2, 0.25) is 11.8 Å². The van der Waals surface area contributed by atoms with E-state index in [2.05, 4.69) is 5.32 Å². The first kappa shape index (κ1) is 33.9. The molecular formula is C38H42FN3O4S. The van der Waals surface area contributed by atoms with E-state index in [0.717, 1.165) is 47.5 Å². The van der Waals surface area contributed by atoms with Crippen molar-refractivity contribution in [1.82, 2.24) is 10.2 Å². The monoisotopic (exact) mass is 655 g/mol. The van der Waals surface area contributed by atoms with Gasteiger partial charge in [-0.05, 0) is 73.7 Å². The number of anilines is 1. The Hall–Kier alpha value is -4.50. The number of hydrogen-bond donors (Lipinski definition) is 1. The van der Waals surface area contributed by atoms with Crippen molar-refractivity contribution in [3.8, 4) is 0 Å². The SMILES string of the molecule is Cc1ccc(S(=O)(=O)N(CC(=O)N(Cc2ccc(F)cc2)[C@H](Cc2ccccc2)C(=O)NC2CCCCC2)c2ccccc2C)cc1. The molecule has 7 nitrogen and oxygen atoms in total. The molecule has 1 aliphatic rings. The van der Waals surface area contributed by atoms with Crippen molar-refractivity contribution >= 4 is 27.5 Å². The van der Waals surface area contributed by atoms with Gasteiger partial charge in [0, 0.05) is 19.0 Å². The first-order valence-corrected chi connectivity index (χ1v) is 17.6. The van der Waals surface area contributed by atoms with Crippen LogP contribution < -0.4 is 9.62 Å². The van der Waals surface area contributed by atoms with Crippen LogP contribution in [-0.4, -0.2) is 43.8 Å². The predicted octanol–water partition coefficient (Wildman–Crippen LogP) is 6.73. The van der Waals surface area contributed by atoms with Gasteiger partial charge in [-0.2, -0.15) is 0 Å². The largest absolute Gasteiger partial charge is 0.352 e. The van der Waals surface area contributed by atoms with Crippen molar-refractivity contribution in [2.45, 2.75) is 75.9 Å². The summed E-state index contributed by atoms with van der Waals surface area (Å²) < 4.78 is 43.5. The summed E-state index contributed by atoms with van der Waals surface area (Å²) in [7, 11) is -4.19. The number of aryl methyl sites for hydroxylation is 2. The Morgan fingerprint density at radius 3 is 2.11 bits per heavy atom. The van der Waals surface area contributed by atoms with Crippen LogP contribution in [0.1, 0.15) is 54.4 Å². The van der Waals surface area contributed by atoms with E-state index in [4.69, 9.17) is 0 Å². The number of para-hydroxylation sites is 1. The summed E-state index contributed by atoms with van der Waals surface area (Å²) in [5.74, 6) is -1.26. The number of carbonyl (C=O) groups is 2. The van der Waals surface area contributed by atoms with Crippen LogP contribution in [0, 0.1) is 19.7 Å². The van der Waals surface area contributed by atoms with Crippen LogP contribution in [0.4, 0.5) is 10.1 Å². The van der Waals surface area contributed by atoms with E-state index in [0.29, 0.717) is 16.8 Å². The van der Waals surface area contributed by atoms with Gasteiger partial charge in [0.05, 0.1) is 10.6 Å². The highest BCUT2D eigenvalue weighted by atomic mass is 32.2. The fourth-order valence-corrected chi connectivity index (χ4v) is 7.56. The van der Waals surface area contributed by atoms with Crippen LogP contribution in [0.3, 0.4) is 0 Å². The first-order valence-electron chi connectivity index (χ1n) is 16.1. The van der Waals surface area contributed by atoms with Gasteiger partial charge in [-0.3, -0.25) is 13.9 Å². The average Bonchev–Trinajstić information content (AvgIpc) is 3.07. The zero-order valence-electron chi connectivity index (χ0n) is 26.9. The molecule has 0 unspecified atom stereocenters. The summed E-state index contributed by atoms with van der Waals surface area (Å²) >= 11 is 0. The van der Waals surface area contributed by atoms with Gasteiger partial charge >= 0.3 is 0 Å². The Morgan fingerprint density at radius 2 is 1.45 bits per heavy atom. The second kappa shape index (κ2) is 15.4. The highest BCUT2D eigenvalue weighted by Gasteiger charge is 2.35. The molecule has 5 rings (SSSR count). The maximum Gasteiger partial charge on any atom is 0.264 e. The van der Waals surface area contributed by atoms with E-state index >= 15 is 0 Å². The normalized spacial score (nSPS) is 14.3. The molecule has 9 heteroatoms. The summed E-state index contributed by atoms with van der Waals surface area (Å²) in [6.07, 6.45) is 5.13. The van der Waals surface area contributed by atoms with E-state index in [1.54, 1.807) is 49.4 Å². The lowest BCUT2D eigenvalue weighted by Gasteiger charge is -2.35. The molecular weight excluding hydrogens is 614 g/mol. The van der Waals surface area contributed by atoms with Crippen LogP contribution in [0.15, 0.2) is 108 Å². The van der Waals surface area contributed by atoms with Crippen molar-refractivity contribution in [3.63, 3.8) is 0 Å². The third-order valence-electron chi connectivity index (χ3n) is 8.76. The van der Waals surface area contributed by atoms with Gasteiger partial charge in [-0.15, -0.1) is 0 Å². The van der Waals surface area contributed by atoms with E-state index in [1.807, 2.05) is 43.3 Å². The zero-order valence-corrected chi connectivity index (χ0v) is 27.8. The molecule has 0 bridgehead atoms. The molecule has 0 aliphatic heterocycles. The van der Waals surface area contributed by atoms with Crippen LogP contribution in [-0.2, 0) is 32.6 Å². The van der Waals surface area contributed by atoms with E-state index < -0.39 is 34.3 Å². The lowest BCUT2D eigenvalue weighted by molar-refractivity contribution is -0.140. The molecule has 1 atom stereocenters. The Labute approximate surface area is 277 Å². The topological polar surface area (TPSA) is 86.8 Å². The number of sulfonamides is 1. The van der Waals surface area contributed by atoms with E-state index in [1.165, 1.54) is 29.2 Å². The van der Waals surface area contributed by atoms with Gasteiger partial charge in [0.15, 0.2) is 0 Å². The van der Waals surface area contributed by atoms with Crippen LogP contribution in [0.25, 0.3) is 0 Å². The number of halogens is 1. The minimum atomic E-state index is -4.19. The second-order valence-electron chi connectivity index (χ2n) is 12.3. The Bertz CT molecular complexity index is 1760. The van der Waals surface area contributed by atoms with E-state index in [-0.39, 0.29) is 29.8 Å². The lowest BCUT2D eigenvalue weighted by Crippen LogP contribution is -2.55. The number of rotatable bonds is 12. The second-order valence-corrected chi connectivity index (χ2v) is 14.2. The molecule has 2 amide bonds. The first-order chi connectivity index (χ1) is 22.6. The summed E-state index contributed by atoms with van der Waals surface area (Å²) in [6, 6.07) is 27.8. The van der Waals surface area contributed by atoms with Gasteiger partial charge in [0.25, 0.3) is 10.0 Å². The maximum atomic E-state index is 14.6. The summed E-state index contributed by atoms with van der Waals surface area (Å²) in [6.45, 7) is 3.12. The van der Waals surface area contributed by atoms with E-state index in [9.17, 15) is 22.4 Å². The highest BCUT2D eigenvalue weighted by molar-refractivity contribution is 7.92. The number of amides is 2. The van der Waals surface area contributed by atoms with Gasteiger partial charge in [-0.1, -0.05) is 97.6 Å². The van der Waals surface area contributed by atoms with Crippen LogP contribution in [0.2, 0.25) is 0 Å². The van der Waals surface area contributed by atoms with Gasteiger partial charge < -0.3 is 10.2 Å². The van der Waals surface area contributed by atoms with Crippen molar-refractivity contribution in [1.29, 1.82) is 0 Å². The van der Waals surface area contributed by atoms with Crippen molar-refractivity contribution in [2.24, 2.45) is 0 Å². The fraction of sp³-hybridized carbons (Fsp3) is 0.316. The molecule has 4 aromatic carbocycles. The standard InChI is InChI=1S/C38H42FN3O4S/c1-28-17-23-34(24-18-28)47(45,46)42(35-16-10-9-11-29(35)2)27-37(43)41(26-31-19-21-32(39)22-20-31)36(25-30-12-5-3-6-13-30)38(44)40-33-14-7-4-8-15-33/h3,5-6,9-13,16-24,33,36H,4,7-8,14-15,25-27H2,1-2H3,(H,40,44)/t36-/m1/s1. The summed E-state index contributed by atoms with van der Waals surface area (Å²) in [5, 5.41) is 3.20. The Morgan fingerprint density at radius 1 is 0.809 bits per heavy atom. The molecule has 246 valence electrons. The zero-order chi connectivity index (χ0) is 33.4. The third-order valence-corrected chi connectivity index (χ3v) is 10.5. The minimum absolute atomic E-state index is 0.00248. The van der Waals surface area contributed by atoms with Crippen molar-refractivity contribution in [2.75, 3.05) is 10.8 Å². The summed E-state index contributed by atoms with van der Waals surface area (Å²) in [4.78, 5) is 30.3. The Kier molecular flexibility index (Phi) is 11.1. The Balaban J connectivity index is 1.56. The van der Waals surface area contributed by atoms with Crippen LogP contribution >= 0.6 is 0 Å². The quantitative estimate of drug-likeness (QED) is 0.184. The van der Waals surface area contributed by atoms with Crippen molar-refractivity contribution in [3.05, 3.63) is 131 Å². The predicted molar refractivity (Wildman–Crippen MR) is 183 cm³/mol. The lowest BCUT2D eigenvalue weighted by atomic mass is 9.94. The molecule has 0 saturated heterocycles. The molecule has 1 fully saturated rings. The summed E-state index contributed by atoms with van der Waals surface area (Å²) in [5.41, 5.74) is 3.43. The number of benzene rings is 4. The molecule has 0 aromatic heterocycles. The molecule has 0 heterocycles. The number of hydrogen-bond acceptors (Lipinski definition) is 4. The third kappa shape index (κ3) is 8.65. The molecule has 0 spiro atoms. The molecule has 1 aliphatic carbocycles. The van der Waals surface area contributed by atoms with Gasteiger partial charge in [0.1, 0.15) is 18.4 Å². The smallest absolute Gasteiger partial charge is 0.264 e. The fourth-order valence-electron chi connectivity index (χ4n) is 6.08. The molecule has 1 N–H and O–H groups in total. The molecule has 1 saturated carbocycles. The number of nitrogens with zero attached hydrogens (tertiary/aromatic N) is 2. The van der Waals surface area contributed by atoms with Gasteiger partial charge in [-0.25, -0.2) is 12.8 Å². The molecule has 47 heavy (non-hydrogen) atoms. The maximum absolute atomic E-state index is 14.6. The molecule has 0 radical (unpaired) electrons.